The first-order valence-corrected chi connectivity index (χ1v) is 8.43. The number of benzene rings is 1. The van der Waals surface area contributed by atoms with Crippen LogP contribution in [0.4, 0.5) is 0 Å². The summed E-state index contributed by atoms with van der Waals surface area (Å²) in [5, 5.41) is 1.80. The maximum Gasteiger partial charge on any atom is 0.0399 e. The van der Waals surface area contributed by atoms with E-state index < -0.39 is 0 Å². The molecule has 1 heterocycles. The van der Waals surface area contributed by atoms with E-state index in [2.05, 4.69) is 57.0 Å². The molecule has 22 heavy (non-hydrogen) atoms. The fourth-order valence-corrected chi connectivity index (χ4v) is 3.28. The lowest BCUT2D eigenvalue weighted by Crippen LogP contribution is -1.94. The molecule has 1 aromatic carbocycles. The number of nitrogens with zero attached hydrogens (tertiary/aromatic N) is 1. The van der Waals surface area contributed by atoms with Crippen LogP contribution in [-0.4, -0.2) is 11.1 Å². The van der Waals surface area contributed by atoms with Crippen molar-refractivity contribution in [2.75, 3.05) is 0 Å². The van der Waals surface area contributed by atoms with Crippen LogP contribution in [-0.2, 0) is 6.42 Å². The predicted molar refractivity (Wildman–Crippen MR) is 102 cm³/mol. The summed E-state index contributed by atoms with van der Waals surface area (Å²) < 4.78 is 0. The third kappa shape index (κ3) is 4.01. The van der Waals surface area contributed by atoms with Crippen molar-refractivity contribution in [1.82, 2.24) is 0 Å². The lowest BCUT2D eigenvalue weighted by atomic mass is 9.95. The third-order valence-electron chi connectivity index (χ3n) is 4.28. The van der Waals surface area contributed by atoms with Crippen LogP contribution in [0.1, 0.15) is 56.7 Å². The summed E-state index contributed by atoms with van der Waals surface area (Å²) in [5.74, 6) is 0. The molecule has 1 aliphatic rings. The molecule has 116 valence electrons. The average Bonchev–Trinajstić information content (AvgIpc) is 2.81. The van der Waals surface area contributed by atoms with Gasteiger partial charge in [-0.15, -0.1) is 0 Å². The van der Waals surface area contributed by atoms with Crippen molar-refractivity contribution in [2.45, 2.75) is 53.4 Å². The van der Waals surface area contributed by atoms with E-state index in [4.69, 9.17) is 12.2 Å². The quantitative estimate of drug-likeness (QED) is 0.599. The molecule has 0 fully saturated rings. The first-order chi connectivity index (χ1) is 10.5. The number of thiocarbonyl (C=S) groups is 1. The second-order valence-corrected chi connectivity index (χ2v) is 6.42. The van der Waals surface area contributed by atoms with Gasteiger partial charge in [0.15, 0.2) is 0 Å². The molecule has 0 aromatic heterocycles. The van der Waals surface area contributed by atoms with Gasteiger partial charge in [0.05, 0.1) is 0 Å². The van der Waals surface area contributed by atoms with E-state index in [1.165, 1.54) is 39.2 Å². The van der Waals surface area contributed by atoms with Crippen LogP contribution in [0, 0.1) is 6.92 Å². The highest BCUT2D eigenvalue weighted by Gasteiger charge is 2.11. The number of rotatable bonds is 6. The zero-order chi connectivity index (χ0) is 16.1. The van der Waals surface area contributed by atoms with E-state index >= 15 is 0 Å². The maximum absolute atomic E-state index is 5.00. The second-order valence-electron chi connectivity index (χ2n) is 6.08. The molecule has 0 radical (unpaired) electrons. The van der Waals surface area contributed by atoms with Gasteiger partial charge in [-0.1, -0.05) is 36.5 Å². The van der Waals surface area contributed by atoms with Crippen LogP contribution in [0.15, 0.2) is 40.5 Å². The summed E-state index contributed by atoms with van der Waals surface area (Å²) in [4.78, 5) is 4.66. The minimum atomic E-state index is 0.853. The topological polar surface area (TPSA) is 12.4 Å². The van der Waals surface area contributed by atoms with Gasteiger partial charge in [0.25, 0.3) is 0 Å². The predicted octanol–water partition coefficient (Wildman–Crippen LogP) is 5.86. The third-order valence-corrected chi connectivity index (χ3v) is 4.45. The molecule has 0 spiro atoms. The normalized spacial score (nSPS) is 15.3. The highest BCUT2D eigenvalue weighted by atomic mass is 32.1. The van der Waals surface area contributed by atoms with Gasteiger partial charge in [0, 0.05) is 24.3 Å². The molecule has 0 aliphatic carbocycles. The summed E-state index contributed by atoms with van der Waals surface area (Å²) in [6.07, 6.45) is 6.16. The summed E-state index contributed by atoms with van der Waals surface area (Å²) in [7, 11) is 0. The average molecular weight is 311 g/mol. The van der Waals surface area contributed by atoms with Crippen molar-refractivity contribution in [3.05, 3.63) is 52.2 Å². The van der Waals surface area contributed by atoms with Crippen molar-refractivity contribution in [3.8, 4) is 0 Å². The van der Waals surface area contributed by atoms with Crippen LogP contribution in [0.2, 0.25) is 0 Å². The lowest BCUT2D eigenvalue weighted by molar-refractivity contribution is 0.915. The minimum Gasteiger partial charge on any atom is -0.262 e. The van der Waals surface area contributed by atoms with Gasteiger partial charge in [-0.2, -0.15) is 0 Å². The van der Waals surface area contributed by atoms with Crippen LogP contribution in [0.5, 0.6) is 0 Å². The van der Waals surface area contributed by atoms with Crippen molar-refractivity contribution < 1.29 is 0 Å². The molecular formula is C20H25NS. The van der Waals surface area contributed by atoms with Gasteiger partial charge in [-0.25, -0.2) is 0 Å². The van der Waals surface area contributed by atoms with Crippen molar-refractivity contribution >= 4 is 28.9 Å². The first kappa shape index (κ1) is 16.8. The number of hydrogen-bond acceptors (Lipinski definition) is 2. The Hall–Kier alpha value is -1.54. The van der Waals surface area contributed by atoms with E-state index in [-0.39, 0.29) is 0 Å². The Morgan fingerprint density at radius 2 is 2.00 bits per heavy atom. The summed E-state index contributed by atoms with van der Waals surface area (Å²) in [6, 6.07) is 6.80. The molecule has 0 saturated heterocycles. The first-order valence-electron chi connectivity index (χ1n) is 7.96. The largest absolute Gasteiger partial charge is 0.262 e. The smallest absolute Gasteiger partial charge is 0.0399 e. The Morgan fingerprint density at radius 3 is 2.55 bits per heavy atom. The molecule has 2 rings (SSSR count). The molecule has 0 N–H and O–H groups in total. The summed E-state index contributed by atoms with van der Waals surface area (Å²) >= 11 is 5.00. The standard InChI is InChI=1S/C20H25NS/c1-5-18(10-11-22)19-8-6-17(13-14(19)2)7-9-20-15(3)12-16(4)21-20/h5-6,8,11,13H,7,9-10,12H2,1-4H3/b18-5-. The number of hydrogen-bond donors (Lipinski definition) is 0. The number of allylic oxidation sites excluding steroid dienone is 4. The Bertz CT molecular complexity index is 662. The molecule has 1 nitrogen and oxygen atoms in total. The highest BCUT2D eigenvalue weighted by Crippen LogP contribution is 2.26. The molecule has 2 heteroatoms. The van der Waals surface area contributed by atoms with Gasteiger partial charge in [0.1, 0.15) is 0 Å². The van der Waals surface area contributed by atoms with Crippen molar-refractivity contribution in [2.24, 2.45) is 4.99 Å². The summed E-state index contributed by atoms with van der Waals surface area (Å²) in [5.41, 5.74) is 9.32. The minimum absolute atomic E-state index is 0.853. The molecule has 0 atom stereocenters. The second kappa shape index (κ2) is 7.64. The summed E-state index contributed by atoms with van der Waals surface area (Å²) in [6.45, 7) is 8.59. The Morgan fingerprint density at radius 1 is 1.23 bits per heavy atom. The van der Waals surface area contributed by atoms with Gasteiger partial charge in [0.2, 0.25) is 0 Å². The zero-order valence-corrected chi connectivity index (χ0v) is 14.9. The van der Waals surface area contributed by atoms with Gasteiger partial charge in [-0.05, 0) is 73.7 Å². The van der Waals surface area contributed by atoms with Crippen molar-refractivity contribution in [3.63, 3.8) is 0 Å². The molecule has 0 unspecified atom stereocenters. The van der Waals surface area contributed by atoms with Crippen LogP contribution in [0.25, 0.3) is 5.57 Å². The fourth-order valence-electron chi connectivity index (χ4n) is 3.10. The van der Waals surface area contributed by atoms with E-state index in [0.29, 0.717) is 0 Å². The van der Waals surface area contributed by atoms with E-state index in [1.54, 1.807) is 5.37 Å². The Balaban J connectivity index is 2.10. The SMILES string of the molecule is C/C=C(/CC=S)c1ccc(CCC2=C(C)CC(C)=N2)cc1C. The molecule has 0 saturated carbocycles. The highest BCUT2D eigenvalue weighted by molar-refractivity contribution is 7.79. The van der Waals surface area contributed by atoms with Gasteiger partial charge in [-0.3, -0.25) is 4.99 Å². The molecule has 0 bridgehead atoms. The fraction of sp³-hybridized carbons (Fsp3) is 0.400. The number of aliphatic imine (C=N–C) groups is 1. The van der Waals surface area contributed by atoms with Crippen molar-refractivity contribution in [1.29, 1.82) is 0 Å². The molecule has 0 amide bonds. The van der Waals surface area contributed by atoms with E-state index in [1.807, 2.05) is 0 Å². The molecular weight excluding hydrogens is 286 g/mol. The molecule has 1 aromatic rings. The lowest BCUT2D eigenvalue weighted by Gasteiger charge is -2.11. The molecule has 1 aliphatic heterocycles. The Kier molecular flexibility index (Phi) is 5.84. The number of aryl methyl sites for hydroxylation is 2. The Labute approximate surface area is 139 Å². The van der Waals surface area contributed by atoms with Crippen LogP contribution >= 0.6 is 12.2 Å². The van der Waals surface area contributed by atoms with E-state index in [0.717, 1.165) is 25.7 Å². The van der Waals surface area contributed by atoms with Gasteiger partial charge < -0.3 is 0 Å². The van der Waals surface area contributed by atoms with Gasteiger partial charge >= 0.3 is 0 Å². The van der Waals surface area contributed by atoms with Crippen LogP contribution in [0.3, 0.4) is 0 Å². The monoisotopic (exact) mass is 311 g/mol. The van der Waals surface area contributed by atoms with Crippen LogP contribution < -0.4 is 0 Å². The van der Waals surface area contributed by atoms with E-state index in [9.17, 15) is 0 Å². The zero-order valence-electron chi connectivity index (χ0n) is 14.1. The maximum atomic E-state index is 5.00.